The van der Waals surface area contributed by atoms with Gasteiger partial charge in [-0.3, -0.25) is 9.48 Å². The average Bonchev–Trinajstić information content (AvgIpc) is 2.85. The normalized spacial score (nSPS) is 13.9. The van der Waals surface area contributed by atoms with Crippen LogP contribution in [-0.2, 0) is 18.3 Å². The summed E-state index contributed by atoms with van der Waals surface area (Å²) in [5.74, 6) is -0.229. The zero-order valence-corrected chi connectivity index (χ0v) is 13.7. The van der Waals surface area contributed by atoms with Gasteiger partial charge in [-0.05, 0) is 25.5 Å². The molecule has 0 aliphatic carbocycles. The lowest BCUT2D eigenvalue weighted by Gasteiger charge is -2.19. The fourth-order valence-electron chi connectivity index (χ4n) is 2.25. The fraction of sp³-hybridized carbons (Fsp3) is 0.333. The maximum atomic E-state index is 12.0. The fourth-order valence-corrected chi connectivity index (χ4v) is 2.25. The van der Waals surface area contributed by atoms with Gasteiger partial charge in [0.15, 0.2) is 0 Å². The minimum absolute atomic E-state index is 0.229. The van der Waals surface area contributed by atoms with Gasteiger partial charge in [-0.2, -0.15) is 5.10 Å². The van der Waals surface area contributed by atoms with Gasteiger partial charge in [0.2, 0.25) is 5.91 Å². The highest BCUT2D eigenvalue weighted by atomic mass is 16.3. The quantitative estimate of drug-likeness (QED) is 0.800. The Bertz CT molecular complexity index is 677. The molecule has 0 saturated carbocycles. The number of aryl methyl sites for hydroxylation is 1. The van der Waals surface area contributed by atoms with Crippen LogP contribution in [0.4, 0.5) is 0 Å². The van der Waals surface area contributed by atoms with Crippen LogP contribution in [0, 0.1) is 6.92 Å². The van der Waals surface area contributed by atoms with Crippen LogP contribution in [0.15, 0.2) is 42.6 Å². The number of benzene rings is 1. The van der Waals surface area contributed by atoms with Crippen molar-refractivity contribution < 1.29 is 9.90 Å². The second-order valence-corrected chi connectivity index (χ2v) is 5.70. The summed E-state index contributed by atoms with van der Waals surface area (Å²) in [5, 5.41) is 17.1. The SMILES string of the molecule is Cc1c(/C=C/C(=O)NC(C)C(O)Cc2ccccc2)cnn1C. The number of amides is 1. The van der Waals surface area contributed by atoms with Crippen molar-refractivity contribution in [3.05, 3.63) is 59.4 Å². The number of hydrogen-bond donors (Lipinski definition) is 2. The Morgan fingerprint density at radius 2 is 2.09 bits per heavy atom. The predicted molar refractivity (Wildman–Crippen MR) is 90.7 cm³/mol. The molecule has 2 N–H and O–H groups in total. The third kappa shape index (κ3) is 4.79. The molecule has 0 saturated heterocycles. The van der Waals surface area contributed by atoms with Crippen LogP contribution in [0.2, 0.25) is 0 Å². The van der Waals surface area contributed by atoms with Crippen molar-refractivity contribution in [3.63, 3.8) is 0 Å². The number of rotatable bonds is 6. The number of nitrogens with one attached hydrogen (secondary N) is 1. The highest BCUT2D eigenvalue weighted by Crippen LogP contribution is 2.08. The van der Waals surface area contributed by atoms with Gasteiger partial charge >= 0.3 is 0 Å². The standard InChI is InChI=1S/C18H23N3O2/c1-13(17(22)11-15-7-5-4-6-8-15)20-18(23)10-9-16-12-19-21(3)14(16)2/h4-10,12-13,17,22H,11H2,1-3H3,(H,20,23)/b10-9+. The molecule has 0 aliphatic rings. The van der Waals surface area contributed by atoms with E-state index >= 15 is 0 Å². The van der Waals surface area contributed by atoms with E-state index in [0.29, 0.717) is 6.42 Å². The third-order valence-electron chi connectivity index (χ3n) is 3.92. The molecule has 0 aliphatic heterocycles. The largest absolute Gasteiger partial charge is 0.391 e. The third-order valence-corrected chi connectivity index (χ3v) is 3.92. The first kappa shape index (κ1) is 17.0. The van der Waals surface area contributed by atoms with Crippen molar-refractivity contribution in [3.8, 4) is 0 Å². The Morgan fingerprint density at radius 3 is 2.70 bits per heavy atom. The molecule has 1 aromatic carbocycles. The van der Waals surface area contributed by atoms with Gasteiger partial charge < -0.3 is 10.4 Å². The van der Waals surface area contributed by atoms with E-state index in [0.717, 1.165) is 16.8 Å². The zero-order valence-electron chi connectivity index (χ0n) is 13.7. The highest BCUT2D eigenvalue weighted by Gasteiger charge is 2.16. The summed E-state index contributed by atoms with van der Waals surface area (Å²) in [4.78, 5) is 12.0. The van der Waals surface area contributed by atoms with Crippen LogP contribution in [-0.4, -0.2) is 32.9 Å². The highest BCUT2D eigenvalue weighted by molar-refractivity contribution is 5.92. The summed E-state index contributed by atoms with van der Waals surface area (Å²) < 4.78 is 1.75. The molecule has 122 valence electrons. The van der Waals surface area contributed by atoms with Crippen LogP contribution in [0.5, 0.6) is 0 Å². The first-order valence-corrected chi connectivity index (χ1v) is 7.66. The Kier molecular flexibility index (Phi) is 5.71. The van der Waals surface area contributed by atoms with Crippen molar-refractivity contribution in [2.24, 2.45) is 7.05 Å². The van der Waals surface area contributed by atoms with E-state index in [1.54, 1.807) is 23.9 Å². The lowest BCUT2D eigenvalue weighted by Crippen LogP contribution is -2.41. The van der Waals surface area contributed by atoms with Crippen LogP contribution in [0.3, 0.4) is 0 Å². The maximum absolute atomic E-state index is 12.0. The van der Waals surface area contributed by atoms with E-state index in [1.807, 2.05) is 44.3 Å². The van der Waals surface area contributed by atoms with E-state index in [-0.39, 0.29) is 11.9 Å². The Labute approximate surface area is 136 Å². The van der Waals surface area contributed by atoms with Gasteiger partial charge in [-0.25, -0.2) is 0 Å². The molecule has 1 aromatic heterocycles. The Balaban J connectivity index is 1.88. The molecule has 2 atom stereocenters. The second-order valence-electron chi connectivity index (χ2n) is 5.70. The summed E-state index contributed by atoms with van der Waals surface area (Å²) in [6.07, 6.45) is 4.79. The van der Waals surface area contributed by atoms with E-state index in [2.05, 4.69) is 10.4 Å². The molecule has 1 amide bonds. The molecular weight excluding hydrogens is 290 g/mol. The van der Waals surface area contributed by atoms with Gasteiger partial charge in [0.1, 0.15) is 0 Å². The van der Waals surface area contributed by atoms with Crippen molar-refractivity contribution in [1.82, 2.24) is 15.1 Å². The molecule has 5 heteroatoms. The summed E-state index contributed by atoms with van der Waals surface area (Å²) in [6, 6.07) is 9.40. The molecule has 1 heterocycles. The molecule has 0 spiro atoms. The molecule has 5 nitrogen and oxygen atoms in total. The minimum atomic E-state index is -0.630. The summed E-state index contributed by atoms with van der Waals surface area (Å²) >= 11 is 0. The van der Waals surface area contributed by atoms with Gasteiger partial charge in [0.05, 0.1) is 18.3 Å². The molecule has 23 heavy (non-hydrogen) atoms. The summed E-state index contributed by atoms with van der Waals surface area (Å²) in [7, 11) is 1.86. The van der Waals surface area contributed by atoms with Crippen LogP contribution < -0.4 is 5.32 Å². The summed E-state index contributed by atoms with van der Waals surface area (Å²) in [6.45, 7) is 3.74. The molecule has 0 bridgehead atoms. The van der Waals surface area contributed by atoms with Gasteiger partial charge in [-0.1, -0.05) is 30.3 Å². The first-order valence-electron chi connectivity index (χ1n) is 7.66. The maximum Gasteiger partial charge on any atom is 0.244 e. The molecular formula is C18H23N3O2. The van der Waals surface area contributed by atoms with Gasteiger partial charge in [-0.15, -0.1) is 0 Å². The summed E-state index contributed by atoms with van der Waals surface area (Å²) in [5.41, 5.74) is 2.94. The van der Waals surface area contributed by atoms with Crippen LogP contribution >= 0.6 is 0 Å². The van der Waals surface area contributed by atoms with E-state index in [9.17, 15) is 9.90 Å². The number of aliphatic hydroxyl groups excluding tert-OH is 1. The zero-order chi connectivity index (χ0) is 16.8. The van der Waals surface area contributed by atoms with Crippen molar-refractivity contribution >= 4 is 12.0 Å². The monoisotopic (exact) mass is 313 g/mol. The topological polar surface area (TPSA) is 67.2 Å². The number of aliphatic hydroxyl groups is 1. The predicted octanol–water partition coefficient (Wildman–Crippen LogP) is 1.85. The Hall–Kier alpha value is -2.40. The number of nitrogens with zero attached hydrogens (tertiary/aromatic N) is 2. The van der Waals surface area contributed by atoms with Crippen molar-refractivity contribution in [2.75, 3.05) is 0 Å². The van der Waals surface area contributed by atoms with E-state index < -0.39 is 6.10 Å². The number of aromatic nitrogens is 2. The smallest absolute Gasteiger partial charge is 0.244 e. The number of carbonyl (C=O) groups is 1. The van der Waals surface area contributed by atoms with Gasteiger partial charge in [0, 0.05) is 30.8 Å². The average molecular weight is 313 g/mol. The molecule has 0 fully saturated rings. The number of carbonyl (C=O) groups excluding carboxylic acids is 1. The van der Waals surface area contributed by atoms with E-state index in [4.69, 9.17) is 0 Å². The van der Waals surface area contributed by atoms with Crippen molar-refractivity contribution in [2.45, 2.75) is 32.4 Å². The van der Waals surface area contributed by atoms with E-state index in [1.165, 1.54) is 6.08 Å². The molecule has 2 unspecified atom stereocenters. The van der Waals surface area contributed by atoms with Crippen LogP contribution in [0.25, 0.3) is 6.08 Å². The lowest BCUT2D eigenvalue weighted by molar-refractivity contribution is -0.117. The second kappa shape index (κ2) is 7.74. The number of hydrogen-bond acceptors (Lipinski definition) is 3. The lowest BCUT2D eigenvalue weighted by atomic mass is 10.0. The van der Waals surface area contributed by atoms with Crippen molar-refractivity contribution in [1.29, 1.82) is 0 Å². The minimum Gasteiger partial charge on any atom is -0.391 e. The first-order chi connectivity index (χ1) is 11.0. The molecule has 0 radical (unpaired) electrons. The van der Waals surface area contributed by atoms with Crippen LogP contribution in [0.1, 0.15) is 23.7 Å². The molecule has 2 rings (SSSR count). The Morgan fingerprint density at radius 1 is 1.39 bits per heavy atom. The van der Waals surface area contributed by atoms with Gasteiger partial charge in [0.25, 0.3) is 0 Å². The molecule has 2 aromatic rings.